The van der Waals surface area contributed by atoms with Crippen LogP contribution in [0.5, 0.6) is 5.75 Å². The molecule has 2 aromatic carbocycles. The van der Waals surface area contributed by atoms with Crippen molar-refractivity contribution in [2.75, 3.05) is 7.11 Å². The minimum absolute atomic E-state index is 0.257. The summed E-state index contributed by atoms with van der Waals surface area (Å²) in [7, 11) is 1.22. The molecule has 0 aliphatic heterocycles. The largest absolute Gasteiger partial charge is 0.466 e. The van der Waals surface area contributed by atoms with E-state index in [0.29, 0.717) is 23.3 Å². The van der Waals surface area contributed by atoms with Crippen molar-refractivity contribution >= 4 is 11.5 Å². The molecule has 2 aromatic rings. The summed E-state index contributed by atoms with van der Waals surface area (Å²) in [6, 6.07) is 4.89. The Bertz CT molecular complexity index is 906. The number of carbonyl (C=O) groups is 1. The van der Waals surface area contributed by atoms with E-state index in [0.717, 1.165) is 0 Å². The first-order valence-corrected chi connectivity index (χ1v) is 7.65. The quantitative estimate of drug-likeness (QED) is 0.310. The molecule has 0 fully saturated rings. The fourth-order valence-electron chi connectivity index (χ4n) is 2.27. The van der Waals surface area contributed by atoms with E-state index in [1.54, 1.807) is 6.92 Å². The predicted molar refractivity (Wildman–Crippen MR) is 87.7 cm³/mol. The standard InChI is InChI=1S/C19H15F5O3/c1-10(9-16(25)26-3)12-4-7-15(11(2)8-12)27-19(23,24)13-5-6-14(20)18(22)17(13)21/h4-9H,1-3H3/b10-9-. The Kier molecular flexibility index (Phi) is 5.88. The number of carbonyl (C=O) groups excluding carboxylic acids is 1. The minimum Gasteiger partial charge on any atom is -0.466 e. The van der Waals surface area contributed by atoms with E-state index < -0.39 is 35.1 Å². The Balaban J connectivity index is 2.33. The maximum atomic E-state index is 14.2. The van der Waals surface area contributed by atoms with Gasteiger partial charge in [-0.25, -0.2) is 18.0 Å². The molecule has 0 aliphatic rings. The lowest BCUT2D eigenvalue weighted by atomic mass is 10.0. The molecule has 27 heavy (non-hydrogen) atoms. The average molecular weight is 386 g/mol. The number of ether oxygens (including phenoxy) is 2. The topological polar surface area (TPSA) is 35.5 Å². The first-order valence-electron chi connectivity index (χ1n) is 7.65. The smallest absolute Gasteiger partial charge is 0.429 e. The van der Waals surface area contributed by atoms with Gasteiger partial charge in [-0.15, -0.1) is 0 Å². The molecule has 0 aromatic heterocycles. The number of rotatable bonds is 5. The monoisotopic (exact) mass is 386 g/mol. The van der Waals surface area contributed by atoms with Crippen LogP contribution in [0, 0.1) is 24.4 Å². The zero-order chi connectivity index (χ0) is 20.4. The summed E-state index contributed by atoms with van der Waals surface area (Å²) >= 11 is 0. The Morgan fingerprint density at radius 1 is 1.07 bits per heavy atom. The van der Waals surface area contributed by atoms with E-state index in [1.165, 1.54) is 38.3 Å². The number of halogens is 5. The third kappa shape index (κ3) is 4.45. The molecule has 0 saturated carbocycles. The second-order valence-corrected chi connectivity index (χ2v) is 5.67. The number of hydrogen-bond donors (Lipinski definition) is 0. The number of methoxy groups -OCH3 is 1. The van der Waals surface area contributed by atoms with E-state index in [4.69, 9.17) is 0 Å². The van der Waals surface area contributed by atoms with Crippen LogP contribution in [0.15, 0.2) is 36.4 Å². The molecule has 0 atom stereocenters. The van der Waals surface area contributed by atoms with Gasteiger partial charge in [0.05, 0.1) is 7.11 Å². The Morgan fingerprint density at radius 3 is 2.33 bits per heavy atom. The number of allylic oxidation sites excluding steroid dienone is 1. The fraction of sp³-hybridized carbons (Fsp3) is 0.211. The number of hydrogen-bond acceptors (Lipinski definition) is 3. The van der Waals surface area contributed by atoms with E-state index in [-0.39, 0.29) is 11.3 Å². The highest BCUT2D eigenvalue weighted by Crippen LogP contribution is 2.36. The van der Waals surface area contributed by atoms with Crippen molar-refractivity contribution in [1.29, 1.82) is 0 Å². The van der Waals surface area contributed by atoms with Crippen molar-refractivity contribution in [1.82, 2.24) is 0 Å². The van der Waals surface area contributed by atoms with Crippen molar-refractivity contribution in [3.63, 3.8) is 0 Å². The lowest BCUT2D eigenvalue weighted by Crippen LogP contribution is -2.24. The fourth-order valence-corrected chi connectivity index (χ4v) is 2.27. The van der Waals surface area contributed by atoms with Crippen LogP contribution in [-0.2, 0) is 15.6 Å². The summed E-state index contributed by atoms with van der Waals surface area (Å²) in [5.41, 5.74) is -0.0955. The molecule has 0 unspecified atom stereocenters. The van der Waals surface area contributed by atoms with Crippen molar-refractivity contribution in [3.05, 3.63) is 70.5 Å². The van der Waals surface area contributed by atoms with Crippen molar-refractivity contribution in [3.8, 4) is 5.75 Å². The summed E-state index contributed by atoms with van der Waals surface area (Å²) in [5.74, 6) is -6.48. The highest BCUT2D eigenvalue weighted by atomic mass is 19.3. The van der Waals surface area contributed by atoms with E-state index in [1.807, 2.05) is 0 Å². The summed E-state index contributed by atoms with van der Waals surface area (Å²) in [6.07, 6.45) is -3.01. The molecule has 8 heteroatoms. The first kappa shape index (κ1) is 20.4. The highest BCUT2D eigenvalue weighted by molar-refractivity contribution is 5.90. The summed E-state index contributed by atoms with van der Waals surface area (Å²) in [5, 5.41) is 0. The van der Waals surface area contributed by atoms with Gasteiger partial charge in [-0.05, 0) is 54.8 Å². The zero-order valence-corrected chi connectivity index (χ0v) is 14.6. The van der Waals surface area contributed by atoms with Crippen LogP contribution >= 0.6 is 0 Å². The van der Waals surface area contributed by atoms with Crippen LogP contribution in [0.1, 0.15) is 23.6 Å². The Hall–Kier alpha value is -2.90. The molecule has 0 N–H and O–H groups in total. The van der Waals surface area contributed by atoms with Crippen LogP contribution < -0.4 is 4.74 Å². The zero-order valence-electron chi connectivity index (χ0n) is 14.6. The van der Waals surface area contributed by atoms with Gasteiger partial charge >= 0.3 is 12.1 Å². The third-order valence-electron chi connectivity index (χ3n) is 3.75. The third-order valence-corrected chi connectivity index (χ3v) is 3.75. The van der Waals surface area contributed by atoms with E-state index >= 15 is 0 Å². The summed E-state index contributed by atoms with van der Waals surface area (Å²) < 4.78 is 77.4. The van der Waals surface area contributed by atoms with Crippen LogP contribution in [0.25, 0.3) is 5.57 Å². The molecular formula is C19H15F5O3. The predicted octanol–water partition coefficient (Wildman–Crippen LogP) is 5.12. The summed E-state index contributed by atoms with van der Waals surface area (Å²) in [6.45, 7) is 3.08. The van der Waals surface area contributed by atoms with Gasteiger partial charge in [0.1, 0.15) is 11.3 Å². The van der Waals surface area contributed by atoms with Gasteiger partial charge in [-0.1, -0.05) is 6.07 Å². The normalized spacial score (nSPS) is 12.1. The molecule has 0 radical (unpaired) electrons. The molecule has 0 heterocycles. The first-order chi connectivity index (χ1) is 12.6. The summed E-state index contributed by atoms with van der Waals surface area (Å²) in [4.78, 5) is 11.3. The molecule has 0 saturated heterocycles. The molecular weight excluding hydrogens is 371 g/mol. The van der Waals surface area contributed by atoms with Gasteiger partial charge in [0, 0.05) is 6.08 Å². The average Bonchev–Trinajstić information content (AvgIpc) is 2.60. The SMILES string of the molecule is COC(=O)/C=C(/C)c1ccc(OC(F)(F)c2ccc(F)c(F)c2F)c(C)c1. The molecule has 2 rings (SSSR count). The molecule has 0 aliphatic carbocycles. The van der Waals surface area contributed by atoms with Crippen LogP contribution in [-0.4, -0.2) is 13.1 Å². The second kappa shape index (κ2) is 7.77. The van der Waals surface area contributed by atoms with Gasteiger partial charge in [-0.3, -0.25) is 0 Å². The van der Waals surface area contributed by atoms with Crippen LogP contribution in [0.4, 0.5) is 22.0 Å². The Morgan fingerprint density at radius 2 is 1.74 bits per heavy atom. The van der Waals surface area contributed by atoms with Gasteiger partial charge in [0.2, 0.25) is 0 Å². The molecule has 0 spiro atoms. The highest BCUT2D eigenvalue weighted by Gasteiger charge is 2.39. The van der Waals surface area contributed by atoms with Gasteiger partial charge < -0.3 is 9.47 Å². The van der Waals surface area contributed by atoms with E-state index in [2.05, 4.69) is 9.47 Å². The maximum absolute atomic E-state index is 14.2. The number of aryl methyl sites for hydroxylation is 1. The molecule has 144 valence electrons. The molecule has 0 amide bonds. The van der Waals surface area contributed by atoms with Gasteiger partial charge in [0.25, 0.3) is 0 Å². The lowest BCUT2D eigenvalue weighted by Gasteiger charge is -2.20. The van der Waals surface area contributed by atoms with Crippen LogP contribution in [0.2, 0.25) is 0 Å². The number of esters is 1. The van der Waals surface area contributed by atoms with Crippen LogP contribution in [0.3, 0.4) is 0 Å². The minimum atomic E-state index is -4.23. The van der Waals surface area contributed by atoms with Gasteiger partial charge in [-0.2, -0.15) is 8.78 Å². The lowest BCUT2D eigenvalue weighted by molar-refractivity contribution is -0.188. The van der Waals surface area contributed by atoms with Gasteiger partial charge in [0.15, 0.2) is 17.5 Å². The maximum Gasteiger partial charge on any atom is 0.429 e. The molecule has 3 nitrogen and oxygen atoms in total. The van der Waals surface area contributed by atoms with Crippen molar-refractivity contribution < 1.29 is 36.2 Å². The second-order valence-electron chi connectivity index (χ2n) is 5.67. The number of benzene rings is 2. The van der Waals surface area contributed by atoms with E-state index in [9.17, 15) is 26.7 Å². The number of alkyl halides is 2. The van der Waals surface area contributed by atoms with Crippen molar-refractivity contribution in [2.24, 2.45) is 0 Å². The van der Waals surface area contributed by atoms with Crippen molar-refractivity contribution in [2.45, 2.75) is 20.0 Å². The Labute approximate surface area is 152 Å². The molecule has 0 bridgehead atoms.